The van der Waals surface area contributed by atoms with Crippen molar-refractivity contribution in [3.8, 4) is 0 Å². The molecule has 1 unspecified atom stereocenters. The van der Waals surface area contributed by atoms with Crippen LogP contribution in [0.3, 0.4) is 0 Å². The molecular weight excluding hydrogens is 292 g/mol. The Morgan fingerprint density at radius 1 is 1.43 bits per heavy atom. The summed E-state index contributed by atoms with van der Waals surface area (Å²) < 4.78 is 19.3. The second kappa shape index (κ2) is 4.91. The molecule has 4 atom stereocenters. The van der Waals surface area contributed by atoms with E-state index in [2.05, 4.69) is 12.0 Å². The van der Waals surface area contributed by atoms with Crippen molar-refractivity contribution >= 4 is 23.1 Å². The molecule has 0 saturated carbocycles. The lowest BCUT2D eigenvalue weighted by Gasteiger charge is -2.23. The summed E-state index contributed by atoms with van der Waals surface area (Å²) in [5, 5.41) is 4.21. The van der Waals surface area contributed by atoms with Crippen LogP contribution in [0, 0.1) is 0 Å². The zero-order chi connectivity index (χ0) is 15.4. The van der Waals surface area contributed by atoms with E-state index in [1.54, 1.807) is 6.20 Å². The highest BCUT2D eigenvalue weighted by Crippen LogP contribution is 2.46. The van der Waals surface area contributed by atoms with Gasteiger partial charge in [0.2, 0.25) is 0 Å². The van der Waals surface area contributed by atoms with E-state index in [0.29, 0.717) is 5.82 Å². The van der Waals surface area contributed by atoms with Crippen molar-refractivity contribution < 1.29 is 14.2 Å². The SMILES string of the molecule is CC[C@H]1OC(c2cnn(C(N)=S)c2N)[C@@H]2OC(C)(C)O[C@H]12. The summed E-state index contributed by atoms with van der Waals surface area (Å²) in [4.78, 5) is 0. The van der Waals surface area contributed by atoms with E-state index < -0.39 is 5.79 Å². The highest BCUT2D eigenvalue weighted by molar-refractivity contribution is 7.80. The number of rotatable bonds is 2. The molecule has 1 aromatic heterocycles. The van der Waals surface area contributed by atoms with Crippen LogP contribution in [0.15, 0.2) is 6.20 Å². The fourth-order valence-electron chi connectivity index (χ4n) is 3.03. The number of nitrogen functional groups attached to an aromatic ring is 1. The van der Waals surface area contributed by atoms with Crippen molar-refractivity contribution in [1.82, 2.24) is 9.78 Å². The van der Waals surface area contributed by atoms with Crippen LogP contribution in [0.5, 0.6) is 0 Å². The first kappa shape index (κ1) is 14.7. The second-order valence-corrected chi connectivity index (χ2v) is 6.22. The maximum absolute atomic E-state index is 6.08. The number of thiocarbonyl (C=S) groups is 1. The first-order chi connectivity index (χ1) is 9.84. The zero-order valence-electron chi connectivity index (χ0n) is 12.3. The van der Waals surface area contributed by atoms with E-state index >= 15 is 0 Å². The van der Waals surface area contributed by atoms with E-state index in [-0.39, 0.29) is 29.5 Å². The average molecular weight is 312 g/mol. The molecular formula is C13H20N4O3S. The lowest BCUT2D eigenvalue weighted by atomic mass is 10.0. The van der Waals surface area contributed by atoms with E-state index in [1.165, 1.54) is 4.68 Å². The van der Waals surface area contributed by atoms with Gasteiger partial charge in [-0.15, -0.1) is 0 Å². The minimum atomic E-state index is -0.626. The van der Waals surface area contributed by atoms with Gasteiger partial charge in [-0.2, -0.15) is 9.78 Å². The van der Waals surface area contributed by atoms with Gasteiger partial charge >= 0.3 is 0 Å². The third-order valence-corrected chi connectivity index (χ3v) is 4.08. The lowest BCUT2D eigenvalue weighted by Crippen LogP contribution is -2.28. The number of aromatic nitrogens is 2. The first-order valence-corrected chi connectivity index (χ1v) is 7.39. The molecule has 21 heavy (non-hydrogen) atoms. The highest BCUT2D eigenvalue weighted by atomic mass is 32.1. The molecule has 2 aliphatic rings. The summed E-state index contributed by atoms with van der Waals surface area (Å²) in [7, 11) is 0. The topological polar surface area (TPSA) is 97.6 Å². The third kappa shape index (κ3) is 2.32. The molecule has 0 amide bonds. The van der Waals surface area contributed by atoms with Gasteiger partial charge in [0.1, 0.15) is 24.1 Å². The minimum Gasteiger partial charge on any atom is -0.383 e. The monoisotopic (exact) mass is 312 g/mol. The van der Waals surface area contributed by atoms with Crippen molar-refractivity contribution in [2.45, 2.75) is 57.4 Å². The average Bonchev–Trinajstić information content (AvgIpc) is 3.00. The molecule has 0 spiro atoms. The molecule has 3 heterocycles. The maximum Gasteiger partial charge on any atom is 0.193 e. The van der Waals surface area contributed by atoms with Crippen LogP contribution in [0.25, 0.3) is 0 Å². The molecule has 2 saturated heterocycles. The Morgan fingerprint density at radius 3 is 2.67 bits per heavy atom. The maximum atomic E-state index is 6.08. The summed E-state index contributed by atoms with van der Waals surface area (Å²) in [5.41, 5.74) is 12.4. The Hall–Kier alpha value is -1.22. The molecule has 0 radical (unpaired) electrons. The largest absolute Gasteiger partial charge is 0.383 e. The van der Waals surface area contributed by atoms with Crippen molar-refractivity contribution in [3.63, 3.8) is 0 Å². The summed E-state index contributed by atoms with van der Waals surface area (Å²) in [6, 6.07) is 0. The quantitative estimate of drug-likeness (QED) is 0.784. The fourth-order valence-corrected chi connectivity index (χ4v) is 3.17. The van der Waals surface area contributed by atoms with Crippen LogP contribution in [-0.2, 0) is 14.2 Å². The van der Waals surface area contributed by atoms with Gasteiger partial charge in [-0.05, 0) is 32.5 Å². The first-order valence-electron chi connectivity index (χ1n) is 6.98. The van der Waals surface area contributed by atoms with Crippen LogP contribution in [0.4, 0.5) is 5.82 Å². The fraction of sp³-hybridized carbons (Fsp3) is 0.692. The summed E-state index contributed by atoms with van der Waals surface area (Å²) in [6.45, 7) is 5.86. The van der Waals surface area contributed by atoms with Gasteiger partial charge in [-0.25, -0.2) is 0 Å². The van der Waals surface area contributed by atoms with E-state index in [1.807, 2.05) is 13.8 Å². The predicted octanol–water partition coefficient (Wildman–Crippen LogP) is 0.927. The number of anilines is 1. The van der Waals surface area contributed by atoms with Crippen molar-refractivity contribution in [3.05, 3.63) is 11.8 Å². The molecule has 116 valence electrons. The smallest absolute Gasteiger partial charge is 0.193 e. The molecule has 3 rings (SSSR count). The number of hydrogen-bond acceptors (Lipinski definition) is 6. The van der Waals surface area contributed by atoms with Crippen molar-refractivity contribution in [2.75, 3.05) is 5.73 Å². The number of nitrogens with two attached hydrogens (primary N) is 2. The van der Waals surface area contributed by atoms with Crippen molar-refractivity contribution in [2.24, 2.45) is 5.73 Å². The summed E-state index contributed by atoms with van der Waals surface area (Å²) in [6.07, 6.45) is 1.78. The van der Waals surface area contributed by atoms with Gasteiger partial charge in [0.25, 0.3) is 0 Å². The van der Waals surface area contributed by atoms with Gasteiger partial charge in [0.15, 0.2) is 10.9 Å². The second-order valence-electron chi connectivity index (χ2n) is 5.80. The molecule has 0 bridgehead atoms. The number of fused-ring (bicyclic) bond motifs is 1. The van der Waals surface area contributed by atoms with Crippen LogP contribution in [0.2, 0.25) is 0 Å². The van der Waals surface area contributed by atoms with Crippen LogP contribution < -0.4 is 11.5 Å². The van der Waals surface area contributed by atoms with Crippen LogP contribution in [-0.4, -0.2) is 39.0 Å². The molecule has 0 aromatic carbocycles. The Bertz CT molecular complexity index is 574. The van der Waals surface area contributed by atoms with Gasteiger partial charge in [0, 0.05) is 5.56 Å². The standard InChI is InChI=1S/C13H20N4O3S/c1-4-7-9-10(20-13(2,3)19-9)8(18-7)6-5-16-17(11(6)14)12(15)21/h5,7-10H,4,14H2,1-3H3,(H2,15,21)/t7-,8?,9-,10+/m1/s1. The van der Waals surface area contributed by atoms with Gasteiger partial charge in [0.05, 0.1) is 12.3 Å². The van der Waals surface area contributed by atoms with Crippen molar-refractivity contribution in [1.29, 1.82) is 0 Å². The minimum absolute atomic E-state index is 0.0330. The Morgan fingerprint density at radius 2 is 2.10 bits per heavy atom. The van der Waals surface area contributed by atoms with Gasteiger partial charge in [-0.1, -0.05) is 6.92 Å². The van der Waals surface area contributed by atoms with Gasteiger partial charge in [-0.3, -0.25) is 0 Å². The van der Waals surface area contributed by atoms with Crippen LogP contribution >= 0.6 is 12.2 Å². The Labute approximate surface area is 128 Å². The number of hydrogen-bond donors (Lipinski definition) is 2. The summed E-state index contributed by atoms with van der Waals surface area (Å²) >= 11 is 4.91. The molecule has 2 fully saturated rings. The van der Waals surface area contributed by atoms with Gasteiger partial charge < -0.3 is 25.7 Å². The number of ether oxygens (including phenoxy) is 3. The molecule has 0 aliphatic carbocycles. The number of nitrogens with zero attached hydrogens (tertiary/aromatic N) is 2. The zero-order valence-corrected chi connectivity index (χ0v) is 13.1. The van der Waals surface area contributed by atoms with E-state index in [0.717, 1.165) is 12.0 Å². The molecule has 7 nitrogen and oxygen atoms in total. The molecule has 2 aliphatic heterocycles. The van der Waals surface area contributed by atoms with Crippen LogP contribution in [0.1, 0.15) is 38.9 Å². The van der Waals surface area contributed by atoms with E-state index in [4.69, 9.17) is 37.9 Å². The normalized spacial score (nSPS) is 34.0. The molecule has 8 heteroatoms. The highest BCUT2D eigenvalue weighted by Gasteiger charge is 2.55. The summed E-state index contributed by atoms with van der Waals surface area (Å²) in [5.74, 6) is -0.241. The molecule has 4 N–H and O–H groups in total. The predicted molar refractivity (Wildman–Crippen MR) is 80.6 cm³/mol. The lowest BCUT2D eigenvalue weighted by molar-refractivity contribution is -0.187. The third-order valence-electron chi connectivity index (χ3n) is 3.90. The Balaban J connectivity index is 1.94. The Kier molecular flexibility index (Phi) is 3.44. The van der Waals surface area contributed by atoms with E-state index in [9.17, 15) is 0 Å². The molecule has 1 aromatic rings.